The molecule has 0 fully saturated rings. The molecule has 0 aliphatic rings. The molecule has 0 aliphatic heterocycles. The van der Waals surface area contributed by atoms with E-state index in [9.17, 15) is 19.8 Å². The number of carbonyl (C=O) groups excluding carboxylic acids is 2. The summed E-state index contributed by atoms with van der Waals surface area (Å²) in [7, 11) is 0. The average Bonchev–Trinajstić information content (AvgIpc) is 1.63. The van der Waals surface area contributed by atoms with E-state index in [1.165, 1.54) is 0 Å². The van der Waals surface area contributed by atoms with Gasteiger partial charge in [0, 0.05) is 12.4 Å². The standard InChI is InChI=1S/C4H6O5.Ca/c5-2(4(8)9)1-3(6)7;/h2,5H,1H2,(H,6,7)(H,8,9);/q;+2/p-2/t2-;/m1./s1. The Morgan fingerprint density at radius 1 is 1.40 bits per heavy atom. The fourth-order valence-electron chi connectivity index (χ4n) is 0.241. The van der Waals surface area contributed by atoms with Crippen LogP contribution in [0.15, 0.2) is 0 Å². The first kappa shape index (κ1) is 12.8. The van der Waals surface area contributed by atoms with Crippen LogP contribution in [-0.2, 0) is 9.59 Å². The van der Waals surface area contributed by atoms with Gasteiger partial charge in [-0.05, 0) is 0 Å². The minimum absolute atomic E-state index is 0. The van der Waals surface area contributed by atoms with Gasteiger partial charge in [-0.2, -0.15) is 0 Å². The third kappa shape index (κ3) is 6.28. The molecule has 0 aromatic carbocycles. The molecule has 0 bridgehead atoms. The first-order chi connectivity index (χ1) is 4.04. The van der Waals surface area contributed by atoms with Crippen LogP contribution in [0.3, 0.4) is 0 Å². The van der Waals surface area contributed by atoms with Gasteiger partial charge >= 0.3 is 37.7 Å². The Hall–Kier alpha value is 0.160. The van der Waals surface area contributed by atoms with Crippen LogP contribution in [0, 0.1) is 0 Å². The smallest absolute Gasteiger partial charge is 0.550 e. The summed E-state index contributed by atoms with van der Waals surface area (Å²) < 4.78 is 0. The molecule has 1 atom stereocenters. The number of carboxylic acid groups (broad SMARTS) is 2. The first-order valence-corrected chi connectivity index (χ1v) is 2.13. The fraction of sp³-hybridized carbons (Fsp3) is 0.500. The maximum atomic E-state index is 9.58. The molecule has 6 heteroatoms. The summed E-state index contributed by atoms with van der Waals surface area (Å²) in [6.07, 6.45) is -2.89. The molecular formula is C4H4CaO5. The van der Waals surface area contributed by atoms with Gasteiger partial charge in [-0.25, -0.2) is 0 Å². The largest absolute Gasteiger partial charge is 2.00 e. The molecule has 0 aliphatic carbocycles. The molecular weight excluding hydrogens is 168 g/mol. The van der Waals surface area contributed by atoms with Crippen LogP contribution < -0.4 is 10.2 Å². The molecule has 0 rings (SSSR count). The fourth-order valence-corrected chi connectivity index (χ4v) is 0.241. The van der Waals surface area contributed by atoms with Gasteiger partial charge in [0.05, 0.1) is 12.1 Å². The number of hydrogen-bond donors (Lipinski definition) is 1. The number of carbonyl (C=O) groups is 2. The van der Waals surface area contributed by atoms with Crippen molar-refractivity contribution in [1.82, 2.24) is 0 Å². The summed E-state index contributed by atoms with van der Waals surface area (Å²) in [6.45, 7) is 0. The minimum Gasteiger partial charge on any atom is -0.550 e. The van der Waals surface area contributed by atoms with Gasteiger partial charge in [0.15, 0.2) is 0 Å². The zero-order valence-electron chi connectivity index (χ0n) is 5.07. The average molecular weight is 172 g/mol. The van der Waals surface area contributed by atoms with Crippen molar-refractivity contribution in [1.29, 1.82) is 0 Å². The van der Waals surface area contributed by atoms with Gasteiger partial charge in [0.1, 0.15) is 0 Å². The Kier molecular flexibility index (Phi) is 7.56. The van der Waals surface area contributed by atoms with Gasteiger partial charge in [0.2, 0.25) is 0 Å². The molecule has 1 N–H and O–H groups in total. The molecule has 0 unspecified atom stereocenters. The molecule has 0 heterocycles. The second-order valence-corrected chi connectivity index (χ2v) is 1.41. The quantitative estimate of drug-likeness (QED) is 0.435. The van der Waals surface area contributed by atoms with Crippen LogP contribution in [0.25, 0.3) is 0 Å². The van der Waals surface area contributed by atoms with E-state index in [1.807, 2.05) is 0 Å². The van der Waals surface area contributed by atoms with E-state index in [0.29, 0.717) is 0 Å². The van der Waals surface area contributed by atoms with E-state index in [4.69, 9.17) is 5.11 Å². The molecule has 0 amide bonds. The van der Waals surface area contributed by atoms with E-state index in [2.05, 4.69) is 0 Å². The topological polar surface area (TPSA) is 100 Å². The van der Waals surface area contributed by atoms with Crippen LogP contribution in [-0.4, -0.2) is 60.9 Å². The maximum absolute atomic E-state index is 9.58. The van der Waals surface area contributed by atoms with Crippen molar-refractivity contribution < 1.29 is 24.9 Å². The molecule has 0 saturated heterocycles. The zero-order chi connectivity index (χ0) is 7.44. The monoisotopic (exact) mass is 172 g/mol. The van der Waals surface area contributed by atoms with Crippen LogP contribution in [0.2, 0.25) is 0 Å². The predicted octanol–water partition coefficient (Wildman–Crippen LogP) is -4.14. The zero-order valence-corrected chi connectivity index (χ0v) is 7.28. The third-order valence-electron chi connectivity index (χ3n) is 0.632. The summed E-state index contributed by atoms with van der Waals surface area (Å²) in [4.78, 5) is 19.1. The van der Waals surface area contributed by atoms with Gasteiger partial charge in [-0.15, -0.1) is 0 Å². The molecule has 5 nitrogen and oxygen atoms in total. The molecule has 0 saturated carbocycles. The summed E-state index contributed by atoms with van der Waals surface area (Å²) >= 11 is 0. The number of aliphatic hydroxyl groups is 1. The van der Waals surface area contributed by atoms with Crippen LogP contribution in [0.4, 0.5) is 0 Å². The van der Waals surface area contributed by atoms with Gasteiger partial charge in [-0.1, -0.05) is 0 Å². The SMILES string of the molecule is O=C([O-])C[C@@H](O)C(=O)[O-].[Ca+2]. The van der Waals surface area contributed by atoms with E-state index in [1.54, 1.807) is 0 Å². The van der Waals surface area contributed by atoms with Crippen molar-refractivity contribution in [2.75, 3.05) is 0 Å². The molecule has 0 radical (unpaired) electrons. The minimum atomic E-state index is -1.96. The molecule has 10 heavy (non-hydrogen) atoms. The van der Waals surface area contributed by atoms with E-state index < -0.39 is 24.5 Å². The Labute approximate surface area is 86.7 Å². The van der Waals surface area contributed by atoms with Crippen LogP contribution >= 0.6 is 0 Å². The Morgan fingerprint density at radius 2 is 1.80 bits per heavy atom. The Balaban J connectivity index is 0. The van der Waals surface area contributed by atoms with E-state index in [0.717, 1.165) is 0 Å². The van der Waals surface area contributed by atoms with E-state index >= 15 is 0 Å². The van der Waals surface area contributed by atoms with Gasteiger partial charge < -0.3 is 24.9 Å². The third-order valence-corrected chi connectivity index (χ3v) is 0.632. The van der Waals surface area contributed by atoms with Crippen LogP contribution in [0.5, 0.6) is 0 Å². The summed E-state index contributed by atoms with van der Waals surface area (Å²) in [5, 5.41) is 27.3. The summed E-state index contributed by atoms with van der Waals surface area (Å²) in [6, 6.07) is 0. The first-order valence-electron chi connectivity index (χ1n) is 2.13. The van der Waals surface area contributed by atoms with Gasteiger partial charge in [-0.3, -0.25) is 0 Å². The molecule has 0 aromatic rings. The van der Waals surface area contributed by atoms with Crippen molar-refractivity contribution in [2.45, 2.75) is 12.5 Å². The number of hydrogen-bond acceptors (Lipinski definition) is 5. The van der Waals surface area contributed by atoms with Crippen molar-refractivity contribution in [3.63, 3.8) is 0 Å². The second kappa shape index (κ2) is 5.91. The Morgan fingerprint density at radius 3 is 1.90 bits per heavy atom. The van der Waals surface area contributed by atoms with E-state index in [-0.39, 0.29) is 37.7 Å². The number of aliphatic carboxylic acids is 2. The molecule has 0 spiro atoms. The summed E-state index contributed by atoms with van der Waals surface area (Å²) in [5.74, 6) is -3.43. The number of carboxylic acids is 2. The Bertz CT molecular complexity index is 134. The van der Waals surface area contributed by atoms with Crippen molar-refractivity contribution >= 4 is 49.7 Å². The van der Waals surface area contributed by atoms with Crippen molar-refractivity contribution in [3.05, 3.63) is 0 Å². The van der Waals surface area contributed by atoms with Crippen molar-refractivity contribution in [2.24, 2.45) is 0 Å². The van der Waals surface area contributed by atoms with Gasteiger partial charge in [0.25, 0.3) is 0 Å². The second-order valence-electron chi connectivity index (χ2n) is 1.41. The normalized spacial score (nSPS) is 11.3. The molecule has 52 valence electrons. The number of rotatable bonds is 3. The maximum Gasteiger partial charge on any atom is 2.00 e. The predicted molar refractivity (Wildman–Crippen MR) is 26.4 cm³/mol. The van der Waals surface area contributed by atoms with Crippen LogP contribution in [0.1, 0.15) is 6.42 Å². The summed E-state index contributed by atoms with van der Waals surface area (Å²) in [5.41, 5.74) is 0. The van der Waals surface area contributed by atoms with Crippen molar-refractivity contribution in [3.8, 4) is 0 Å². The number of aliphatic hydroxyl groups excluding tert-OH is 1. The molecule has 0 aromatic heterocycles.